The molecule has 0 spiro atoms. The van der Waals surface area contributed by atoms with Crippen LogP contribution in [0.25, 0.3) is 0 Å². The molecule has 102 valence electrons. The molecule has 0 radical (unpaired) electrons. The van der Waals surface area contributed by atoms with Crippen LogP contribution in [-0.2, 0) is 0 Å². The molecule has 1 amide bonds. The molecule has 0 aromatic heterocycles. The maximum Gasteiger partial charge on any atom is 0.335 e. The van der Waals surface area contributed by atoms with Crippen molar-refractivity contribution in [2.75, 3.05) is 5.32 Å². The molecule has 0 fully saturated rings. The number of nitrogens with one attached hydrogen (secondary N) is 1. The smallest absolute Gasteiger partial charge is 0.335 e. The van der Waals surface area contributed by atoms with E-state index in [2.05, 4.69) is 5.32 Å². The minimum absolute atomic E-state index is 0.0305. The van der Waals surface area contributed by atoms with Gasteiger partial charge >= 0.3 is 5.97 Å². The van der Waals surface area contributed by atoms with Crippen molar-refractivity contribution in [1.82, 2.24) is 0 Å². The molecule has 0 atom stereocenters. The largest absolute Gasteiger partial charge is 0.478 e. The van der Waals surface area contributed by atoms with Crippen LogP contribution in [0.4, 0.5) is 5.69 Å². The molecule has 0 bridgehead atoms. The fourth-order valence-corrected chi connectivity index (χ4v) is 2.09. The average molecular weight is 310 g/mol. The Morgan fingerprint density at radius 1 is 0.950 bits per heavy atom. The van der Waals surface area contributed by atoms with E-state index in [0.29, 0.717) is 15.7 Å². The maximum atomic E-state index is 12.1. The second kappa shape index (κ2) is 5.94. The first kappa shape index (κ1) is 14.4. The number of para-hydroxylation sites is 1. The lowest BCUT2D eigenvalue weighted by Gasteiger charge is -2.09. The topological polar surface area (TPSA) is 66.4 Å². The van der Waals surface area contributed by atoms with Gasteiger partial charge in [-0.3, -0.25) is 4.79 Å². The van der Waals surface area contributed by atoms with Crippen molar-refractivity contribution in [2.45, 2.75) is 0 Å². The van der Waals surface area contributed by atoms with Gasteiger partial charge in [0.25, 0.3) is 5.91 Å². The van der Waals surface area contributed by atoms with Crippen molar-refractivity contribution >= 4 is 40.8 Å². The number of hydrogen-bond donors (Lipinski definition) is 2. The van der Waals surface area contributed by atoms with E-state index in [9.17, 15) is 9.59 Å². The number of carbonyl (C=O) groups is 2. The second-order valence-corrected chi connectivity index (χ2v) is 4.75. The van der Waals surface area contributed by atoms with E-state index in [1.807, 2.05) is 0 Å². The van der Waals surface area contributed by atoms with E-state index in [1.54, 1.807) is 18.2 Å². The summed E-state index contributed by atoms with van der Waals surface area (Å²) in [4.78, 5) is 22.9. The lowest BCUT2D eigenvalue weighted by molar-refractivity contribution is 0.0697. The highest BCUT2D eigenvalue weighted by Crippen LogP contribution is 2.30. The number of aromatic carboxylic acids is 1. The molecule has 2 aromatic rings. The van der Waals surface area contributed by atoms with Gasteiger partial charge in [-0.2, -0.15) is 0 Å². The number of carboxylic acids is 1. The van der Waals surface area contributed by atoms with Crippen LogP contribution in [0.2, 0.25) is 10.0 Å². The average Bonchev–Trinajstić information content (AvgIpc) is 2.43. The summed E-state index contributed by atoms with van der Waals surface area (Å²) in [5, 5.41) is 12.1. The molecule has 0 aliphatic rings. The van der Waals surface area contributed by atoms with Gasteiger partial charge in [-0.1, -0.05) is 35.3 Å². The number of benzene rings is 2. The molecular weight excluding hydrogens is 301 g/mol. The second-order valence-electron chi connectivity index (χ2n) is 3.94. The van der Waals surface area contributed by atoms with Crippen LogP contribution < -0.4 is 5.32 Å². The molecule has 0 saturated heterocycles. The van der Waals surface area contributed by atoms with Gasteiger partial charge in [0.1, 0.15) is 0 Å². The summed E-state index contributed by atoms with van der Waals surface area (Å²) in [6.45, 7) is 0. The van der Waals surface area contributed by atoms with E-state index in [4.69, 9.17) is 28.3 Å². The molecular formula is C14H9Cl2NO3. The fourth-order valence-electron chi connectivity index (χ4n) is 1.60. The van der Waals surface area contributed by atoms with Gasteiger partial charge in [0.2, 0.25) is 0 Å². The van der Waals surface area contributed by atoms with Gasteiger partial charge in [0, 0.05) is 5.56 Å². The first-order valence-corrected chi connectivity index (χ1v) is 6.33. The van der Waals surface area contributed by atoms with E-state index in [-0.39, 0.29) is 11.1 Å². The van der Waals surface area contributed by atoms with Crippen LogP contribution in [0.1, 0.15) is 20.7 Å². The van der Waals surface area contributed by atoms with Gasteiger partial charge in [-0.15, -0.1) is 0 Å². The third-order valence-electron chi connectivity index (χ3n) is 2.57. The lowest BCUT2D eigenvalue weighted by Crippen LogP contribution is -2.13. The van der Waals surface area contributed by atoms with Crippen LogP contribution >= 0.6 is 23.2 Å². The summed E-state index contributed by atoms with van der Waals surface area (Å²) < 4.78 is 0. The Labute approximate surface area is 124 Å². The first-order chi connectivity index (χ1) is 9.49. The molecule has 0 saturated carbocycles. The van der Waals surface area contributed by atoms with Crippen LogP contribution in [0.3, 0.4) is 0 Å². The van der Waals surface area contributed by atoms with Crippen LogP contribution in [0.15, 0.2) is 42.5 Å². The van der Waals surface area contributed by atoms with Crippen molar-refractivity contribution in [3.63, 3.8) is 0 Å². The van der Waals surface area contributed by atoms with Crippen LogP contribution in [-0.4, -0.2) is 17.0 Å². The Hall–Kier alpha value is -2.04. The highest BCUT2D eigenvalue weighted by Gasteiger charge is 2.13. The molecule has 4 nitrogen and oxygen atoms in total. The van der Waals surface area contributed by atoms with Gasteiger partial charge in [-0.05, 0) is 30.3 Å². The molecule has 0 aliphatic carbocycles. The molecule has 6 heteroatoms. The van der Waals surface area contributed by atoms with Crippen molar-refractivity contribution in [2.24, 2.45) is 0 Å². The SMILES string of the molecule is O=C(O)c1cccc(C(=O)Nc2c(Cl)cccc2Cl)c1. The molecule has 2 N–H and O–H groups in total. The van der Waals surface area contributed by atoms with Gasteiger partial charge < -0.3 is 10.4 Å². The third-order valence-corrected chi connectivity index (χ3v) is 3.20. The minimum Gasteiger partial charge on any atom is -0.478 e. The van der Waals surface area contributed by atoms with Crippen LogP contribution in [0.5, 0.6) is 0 Å². The monoisotopic (exact) mass is 309 g/mol. The summed E-state index contributed by atoms with van der Waals surface area (Å²) in [6, 6.07) is 10.5. The number of hydrogen-bond acceptors (Lipinski definition) is 2. The zero-order chi connectivity index (χ0) is 14.7. The molecule has 20 heavy (non-hydrogen) atoms. The van der Waals surface area contributed by atoms with Crippen molar-refractivity contribution in [1.29, 1.82) is 0 Å². The van der Waals surface area contributed by atoms with Gasteiger partial charge in [0.15, 0.2) is 0 Å². The summed E-state index contributed by atoms with van der Waals surface area (Å²) in [6.07, 6.45) is 0. The quantitative estimate of drug-likeness (QED) is 0.902. The summed E-state index contributed by atoms with van der Waals surface area (Å²) in [5.41, 5.74) is 0.533. The normalized spacial score (nSPS) is 10.1. The van der Waals surface area contributed by atoms with Gasteiger partial charge in [0.05, 0.1) is 21.3 Å². The maximum absolute atomic E-state index is 12.1. The zero-order valence-electron chi connectivity index (χ0n) is 10.1. The van der Waals surface area contributed by atoms with E-state index < -0.39 is 11.9 Å². The summed E-state index contributed by atoms with van der Waals surface area (Å²) in [7, 11) is 0. The highest BCUT2D eigenvalue weighted by atomic mass is 35.5. The number of carboxylic acid groups (broad SMARTS) is 1. The van der Waals surface area contributed by atoms with E-state index >= 15 is 0 Å². The summed E-state index contributed by atoms with van der Waals surface area (Å²) in [5.74, 6) is -1.58. The Balaban J connectivity index is 2.29. The lowest BCUT2D eigenvalue weighted by atomic mass is 10.1. The number of rotatable bonds is 3. The van der Waals surface area contributed by atoms with Gasteiger partial charge in [-0.25, -0.2) is 4.79 Å². The first-order valence-electron chi connectivity index (χ1n) is 5.58. The van der Waals surface area contributed by atoms with Crippen molar-refractivity contribution in [3.05, 3.63) is 63.6 Å². The highest BCUT2D eigenvalue weighted by molar-refractivity contribution is 6.40. The number of carbonyl (C=O) groups excluding carboxylic acids is 1. The summed E-state index contributed by atoms with van der Waals surface area (Å²) >= 11 is 11.9. The Bertz CT molecular complexity index is 666. The fraction of sp³-hybridized carbons (Fsp3) is 0. The molecule has 0 aliphatic heterocycles. The number of amides is 1. The Kier molecular flexibility index (Phi) is 4.27. The molecule has 0 heterocycles. The zero-order valence-corrected chi connectivity index (χ0v) is 11.6. The van der Waals surface area contributed by atoms with E-state index in [1.165, 1.54) is 24.3 Å². The Morgan fingerprint density at radius 3 is 2.10 bits per heavy atom. The number of anilines is 1. The Morgan fingerprint density at radius 2 is 1.50 bits per heavy atom. The van der Waals surface area contributed by atoms with Crippen molar-refractivity contribution in [3.8, 4) is 0 Å². The predicted molar refractivity (Wildman–Crippen MR) is 77.8 cm³/mol. The minimum atomic E-state index is -1.10. The third kappa shape index (κ3) is 3.10. The number of halogens is 2. The van der Waals surface area contributed by atoms with E-state index in [0.717, 1.165) is 0 Å². The van der Waals surface area contributed by atoms with Crippen LogP contribution in [0, 0.1) is 0 Å². The standard InChI is InChI=1S/C14H9Cl2NO3/c15-10-5-2-6-11(16)12(10)17-13(18)8-3-1-4-9(7-8)14(19)20/h1-7H,(H,17,18)(H,19,20). The predicted octanol–water partition coefficient (Wildman–Crippen LogP) is 3.94. The molecule has 0 unspecified atom stereocenters. The molecule has 2 aromatic carbocycles. The molecule has 2 rings (SSSR count). The van der Waals surface area contributed by atoms with Crippen molar-refractivity contribution < 1.29 is 14.7 Å².